The Labute approximate surface area is 130 Å². The summed E-state index contributed by atoms with van der Waals surface area (Å²) in [5.41, 5.74) is 5.35. The van der Waals surface area contributed by atoms with Crippen molar-refractivity contribution in [1.29, 1.82) is 0 Å². The number of halogens is 2. The zero-order valence-electron chi connectivity index (χ0n) is 11.2. The van der Waals surface area contributed by atoms with Crippen molar-refractivity contribution < 1.29 is 23.8 Å². The first-order valence-corrected chi connectivity index (χ1v) is 6.50. The molecular weight excluding hydrogens is 313 g/mol. The minimum absolute atomic E-state index is 0.0378. The molecule has 2 aromatic rings. The molecule has 3 N–H and O–H groups in total. The maximum absolute atomic E-state index is 13.3. The van der Waals surface area contributed by atoms with Gasteiger partial charge < -0.3 is 15.6 Å². The molecule has 0 atom stereocenters. The number of ketones is 1. The molecule has 0 radical (unpaired) electrons. The van der Waals surface area contributed by atoms with Crippen LogP contribution >= 0.6 is 11.6 Å². The van der Waals surface area contributed by atoms with Crippen LogP contribution in [0.15, 0.2) is 36.4 Å². The van der Waals surface area contributed by atoms with E-state index < -0.39 is 24.2 Å². The summed E-state index contributed by atoms with van der Waals surface area (Å²) in [6, 6.07) is 7.84. The number of carbonyl (C=O) groups is 2. The van der Waals surface area contributed by atoms with Gasteiger partial charge in [-0.05, 0) is 24.3 Å². The van der Waals surface area contributed by atoms with Gasteiger partial charge in [-0.15, -0.1) is 0 Å². The molecule has 2 rings (SSSR count). The molecule has 0 unspecified atom stereocenters. The summed E-state index contributed by atoms with van der Waals surface area (Å²) in [5.74, 6) is -2.47. The molecule has 0 bridgehead atoms. The molecule has 0 amide bonds. The van der Waals surface area contributed by atoms with Gasteiger partial charge in [-0.3, -0.25) is 4.79 Å². The number of anilines is 1. The van der Waals surface area contributed by atoms with E-state index in [1.807, 2.05) is 0 Å². The SMILES string of the molecule is Nc1cccc(C(=O)O)c1C(=O)COc1ccc(Cl)c(F)c1. The fourth-order valence-electron chi connectivity index (χ4n) is 1.85. The molecule has 0 heterocycles. The third-order valence-electron chi connectivity index (χ3n) is 2.87. The van der Waals surface area contributed by atoms with Crippen LogP contribution in [0.1, 0.15) is 20.7 Å². The predicted octanol–water partition coefficient (Wildman–Crippen LogP) is 3.02. The normalized spacial score (nSPS) is 10.3. The number of nitrogens with two attached hydrogens (primary N) is 1. The summed E-state index contributed by atoms with van der Waals surface area (Å²) < 4.78 is 18.4. The highest BCUT2D eigenvalue weighted by Gasteiger charge is 2.19. The van der Waals surface area contributed by atoms with Crippen LogP contribution in [0.4, 0.5) is 10.1 Å². The van der Waals surface area contributed by atoms with E-state index in [4.69, 9.17) is 27.2 Å². The number of Topliss-reactive ketones (excluding diaryl/α,β-unsaturated/α-hetero) is 1. The number of carbonyl (C=O) groups excluding carboxylic acids is 1. The molecule has 0 spiro atoms. The summed E-state index contributed by atoms with van der Waals surface area (Å²) in [5, 5.41) is 9.01. The van der Waals surface area contributed by atoms with Crippen molar-refractivity contribution in [3.63, 3.8) is 0 Å². The van der Waals surface area contributed by atoms with Crippen molar-refractivity contribution in [2.45, 2.75) is 0 Å². The molecule has 5 nitrogen and oxygen atoms in total. The minimum atomic E-state index is -1.27. The molecule has 0 aliphatic heterocycles. The predicted molar refractivity (Wildman–Crippen MR) is 79.0 cm³/mol. The smallest absolute Gasteiger partial charge is 0.336 e. The van der Waals surface area contributed by atoms with Gasteiger partial charge in [-0.1, -0.05) is 17.7 Å². The lowest BCUT2D eigenvalue weighted by molar-refractivity contribution is 0.0690. The van der Waals surface area contributed by atoms with E-state index in [2.05, 4.69) is 0 Å². The molecule has 7 heteroatoms. The van der Waals surface area contributed by atoms with Crippen LogP contribution in [0.2, 0.25) is 5.02 Å². The summed E-state index contributed by atoms with van der Waals surface area (Å²) in [7, 11) is 0. The minimum Gasteiger partial charge on any atom is -0.485 e. The second-order valence-electron chi connectivity index (χ2n) is 4.36. The standard InChI is InChI=1S/C15H11ClFNO4/c16-10-5-4-8(6-11(10)17)22-7-13(19)14-9(15(20)21)2-1-3-12(14)18/h1-6H,7,18H2,(H,20,21). The average molecular weight is 324 g/mol. The number of hydrogen-bond donors (Lipinski definition) is 2. The largest absolute Gasteiger partial charge is 0.485 e. The van der Waals surface area contributed by atoms with E-state index >= 15 is 0 Å². The second kappa shape index (κ2) is 6.44. The van der Waals surface area contributed by atoms with E-state index in [1.165, 1.54) is 30.3 Å². The number of carboxylic acid groups (broad SMARTS) is 1. The molecule has 2 aromatic carbocycles. The van der Waals surface area contributed by atoms with E-state index in [1.54, 1.807) is 0 Å². The summed E-state index contributed by atoms with van der Waals surface area (Å²) in [6.07, 6.45) is 0. The van der Waals surface area contributed by atoms with Gasteiger partial charge in [0.05, 0.1) is 16.1 Å². The van der Waals surface area contributed by atoms with Crippen molar-refractivity contribution in [2.24, 2.45) is 0 Å². The molecule has 0 fully saturated rings. The van der Waals surface area contributed by atoms with Crippen LogP contribution in [0, 0.1) is 5.82 Å². The van der Waals surface area contributed by atoms with Crippen LogP contribution in [0.3, 0.4) is 0 Å². The molecule has 0 saturated heterocycles. The van der Waals surface area contributed by atoms with Crippen molar-refractivity contribution in [1.82, 2.24) is 0 Å². The highest BCUT2D eigenvalue weighted by molar-refractivity contribution is 6.30. The van der Waals surface area contributed by atoms with E-state index in [0.717, 1.165) is 6.07 Å². The van der Waals surface area contributed by atoms with E-state index in [9.17, 15) is 14.0 Å². The van der Waals surface area contributed by atoms with Gasteiger partial charge in [-0.2, -0.15) is 0 Å². The topological polar surface area (TPSA) is 89.6 Å². The summed E-state index contributed by atoms with van der Waals surface area (Å²) in [6.45, 7) is -0.477. The van der Waals surface area contributed by atoms with Gasteiger partial charge >= 0.3 is 5.97 Å². The van der Waals surface area contributed by atoms with Crippen LogP contribution in [0.25, 0.3) is 0 Å². The van der Waals surface area contributed by atoms with Crippen molar-refractivity contribution in [3.05, 3.63) is 58.4 Å². The van der Waals surface area contributed by atoms with Gasteiger partial charge in [0, 0.05) is 11.8 Å². The van der Waals surface area contributed by atoms with Gasteiger partial charge in [0.2, 0.25) is 5.78 Å². The van der Waals surface area contributed by atoms with Gasteiger partial charge in [0.25, 0.3) is 0 Å². The fourth-order valence-corrected chi connectivity index (χ4v) is 1.96. The van der Waals surface area contributed by atoms with Crippen molar-refractivity contribution in [2.75, 3.05) is 12.3 Å². The Hall–Kier alpha value is -2.60. The first-order valence-electron chi connectivity index (χ1n) is 6.13. The molecule has 0 aliphatic carbocycles. The third-order valence-corrected chi connectivity index (χ3v) is 3.17. The van der Waals surface area contributed by atoms with Gasteiger partial charge in [0.1, 0.15) is 11.6 Å². The van der Waals surface area contributed by atoms with Crippen molar-refractivity contribution >= 4 is 29.0 Å². The third kappa shape index (κ3) is 3.35. The molecule has 22 heavy (non-hydrogen) atoms. The Kier molecular flexibility index (Phi) is 4.62. The summed E-state index contributed by atoms with van der Waals surface area (Å²) >= 11 is 5.54. The van der Waals surface area contributed by atoms with Crippen LogP contribution < -0.4 is 10.5 Å². The number of benzene rings is 2. The van der Waals surface area contributed by atoms with E-state index in [0.29, 0.717) is 0 Å². The Balaban J connectivity index is 2.19. The second-order valence-corrected chi connectivity index (χ2v) is 4.77. The van der Waals surface area contributed by atoms with Crippen molar-refractivity contribution in [3.8, 4) is 5.75 Å². The molecular formula is C15H11ClFNO4. The maximum atomic E-state index is 13.3. The summed E-state index contributed by atoms with van der Waals surface area (Å²) in [4.78, 5) is 23.2. The highest BCUT2D eigenvalue weighted by atomic mass is 35.5. The zero-order chi connectivity index (χ0) is 16.3. The number of hydrogen-bond acceptors (Lipinski definition) is 4. The van der Waals surface area contributed by atoms with Gasteiger partial charge in [-0.25, -0.2) is 9.18 Å². The van der Waals surface area contributed by atoms with Crippen LogP contribution in [0.5, 0.6) is 5.75 Å². The Bertz CT molecular complexity index is 748. The van der Waals surface area contributed by atoms with Crippen LogP contribution in [-0.4, -0.2) is 23.5 Å². The first kappa shape index (κ1) is 15.8. The molecule has 114 valence electrons. The van der Waals surface area contributed by atoms with Gasteiger partial charge in [0.15, 0.2) is 6.61 Å². The lowest BCUT2D eigenvalue weighted by Gasteiger charge is -2.10. The Morgan fingerprint density at radius 1 is 1.27 bits per heavy atom. The molecule has 0 aliphatic rings. The average Bonchev–Trinajstić information content (AvgIpc) is 2.47. The Morgan fingerprint density at radius 2 is 2.00 bits per heavy atom. The lowest BCUT2D eigenvalue weighted by Crippen LogP contribution is -2.17. The Morgan fingerprint density at radius 3 is 2.64 bits per heavy atom. The number of aromatic carboxylic acids is 1. The number of carboxylic acids is 1. The molecule has 0 saturated carbocycles. The fraction of sp³-hybridized carbons (Fsp3) is 0.0667. The molecule has 0 aromatic heterocycles. The lowest BCUT2D eigenvalue weighted by atomic mass is 10.0. The monoisotopic (exact) mass is 323 g/mol. The van der Waals surface area contributed by atoms with Crippen LogP contribution in [-0.2, 0) is 0 Å². The maximum Gasteiger partial charge on any atom is 0.336 e. The number of rotatable bonds is 5. The zero-order valence-corrected chi connectivity index (χ0v) is 11.9. The highest BCUT2D eigenvalue weighted by Crippen LogP contribution is 2.22. The first-order chi connectivity index (χ1) is 10.4. The van der Waals surface area contributed by atoms with E-state index in [-0.39, 0.29) is 27.6 Å². The number of nitrogen functional groups attached to an aromatic ring is 1. The quantitative estimate of drug-likeness (QED) is 0.652. The number of ether oxygens (including phenoxy) is 1.